The van der Waals surface area contributed by atoms with E-state index < -0.39 is 0 Å². The minimum atomic E-state index is -0.292. The predicted molar refractivity (Wildman–Crippen MR) is 115 cm³/mol. The molecule has 4 aromatic rings. The number of hydrogen-bond donors (Lipinski definition) is 1. The van der Waals surface area contributed by atoms with E-state index in [2.05, 4.69) is 22.1 Å². The van der Waals surface area contributed by atoms with Crippen LogP contribution >= 0.6 is 0 Å². The zero-order chi connectivity index (χ0) is 20.3. The van der Waals surface area contributed by atoms with Crippen LogP contribution in [0.5, 0.6) is 0 Å². The maximum absolute atomic E-state index is 12.7. The highest BCUT2D eigenvalue weighted by Gasteiger charge is 2.33. The first-order valence-corrected chi connectivity index (χ1v) is 10.2. The van der Waals surface area contributed by atoms with Gasteiger partial charge in [0.05, 0.1) is 17.1 Å². The highest BCUT2D eigenvalue weighted by atomic mass is 16.6. The van der Waals surface area contributed by atoms with Gasteiger partial charge in [0.2, 0.25) is 0 Å². The van der Waals surface area contributed by atoms with Crippen molar-refractivity contribution in [3.63, 3.8) is 0 Å². The predicted octanol–water partition coefficient (Wildman–Crippen LogP) is 5.10. The van der Waals surface area contributed by atoms with Crippen molar-refractivity contribution in [2.75, 3.05) is 6.54 Å². The Kier molecular flexibility index (Phi) is 4.89. The summed E-state index contributed by atoms with van der Waals surface area (Å²) in [5, 5.41) is 0. The van der Waals surface area contributed by atoms with Crippen molar-refractivity contribution in [3.8, 4) is 11.1 Å². The molecule has 0 spiro atoms. The monoisotopic (exact) mass is 398 g/mol. The van der Waals surface area contributed by atoms with Gasteiger partial charge in [-0.25, -0.2) is 9.78 Å². The molecule has 0 unspecified atom stereocenters. The number of rotatable bonds is 4. The van der Waals surface area contributed by atoms with Crippen LogP contribution in [0.1, 0.15) is 30.3 Å². The van der Waals surface area contributed by atoms with Crippen LogP contribution in [0.2, 0.25) is 0 Å². The minimum Gasteiger partial charge on any atom is -0.445 e. The molecule has 6 heteroatoms. The zero-order valence-corrected chi connectivity index (χ0v) is 16.5. The molecule has 1 saturated heterocycles. The molecule has 1 amide bonds. The topological polar surface area (TPSA) is 71.1 Å². The number of fused-ring (bicyclic) bond motifs is 1. The van der Waals surface area contributed by atoms with E-state index in [-0.39, 0.29) is 18.7 Å². The molecule has 1 aliphatic heterocycles. The fourth-order valence-corrected chi connectivity index (χ4v) is 3.98. The molecule has 3 heterocycles. The lowest BCUT2D eigenvalue weighted by Crippen LogP contribution is -2.31. The van der Waals surface area contributed by atoms with Crippen molar-refractivity contribution in [1.82, 2.24) is 19.9 Å². The Morgan fingerprint density at radius 1 is 1.07 bits per heavy atom. The van der Waals surface area contributed by atoms with Gasteiger partial charge >= 0.3 is 6.09 Å². The van der Waals surface area contributed by atoms with Crippen molar-refractivity contribution in [2.24, 2.45) is 0 Å². The number of carbonyl (C=O) groups is 1. The average Bonchev–Trinajstić information content (AvgIpc) is 3.45. The van der Waals surface area contributed by atoms with E-state index in [4.69, 9.17) is 9.72 Å². The Hall–Kier alpha value is -3.67. The number of nitrogens with zero attached hydrogens (tertiary/aromatic N) is 3. The molecule has 1 atom stereocenters. The first-order chi connectivity index (χ1) is 14.8. The number of aromatic amines is 1. The number of likely N-dealkylation sites (tertiary alicyclic amines) is 1. The number of H-pyrrole nitrogens is 1. The van der Waals surface area contributed by atoms with E-state index in [1.165, 1.54) is 0 Å². The molecule has 5 rings (SSSR count). The summed E-state index contributed by atoms with van der Waals surface area (Å²) in [7, 11) is 0. The highest BCUT2D eigenvalue weighted by molar-refractivity contribution is 5.82. The van der Waals surface area contributed by atoms with Gasteiger partial charge in [0.15, 0.2) is 0 Å². The highest BCUT2D eigenvalue weighted by Crippen LogP contribution is 2.33. The molecule has 2 aromatic heterocycles. The van der Waals surface area contributed by atoms with E-state index in [1.807, 2.05) is 48.5 Å². The van der Waals surface area contributed by atoms with Crippen LogP contribution in [0.3, 0.4) is 0 Å². The van der Waals surface area contributed by atoms with Gasteiger partial charge in [0.1, 0.15) is 12.4 Å². The normalized spacial score (nSPS) is 16.1. The summed E-state index contributed by atoms with van der Waals surface area (Å²) in [6.07, 6.45) is 5.09. The van der Waals surface area contributed by atoms with Crippen molar-refractivity contribution >= 4 is 17.1 Å². The summed E-state index contributed by atoms with van der Waals surface area (Å²) in [6, 6.07) is 19.8. The number of pyridine rings is 1. The minimum absolute atomic E-state index is 0.0925. The molecule has 6 nitrogen and oxygen atoms in total. The van der Waals surface area contributed by atoms with Gasteiger partial charge in [-0.15, -0.1) is 0 Å². The van der Waals surface area contributed by atoms with Crippen LogP contribution < -0.4 is 0 Å². The van der Waals surface area contributed by atoms with Crippen LogP contribution in [0.15, 0.2) is 73.1 Å². The Bertz CT molecular complexity index is 1160. The largest absolute Gasteiger partial charge is 0.445 e. The number of benzene rings is 2. The number of amides is 1. The summed E-state index contributed by atoms with van der Waals surface area (Å²) in [6.45, 7) is 0.954. The van der Waals surface area contributed by atoms with Crippen LogP contribution in [0.4, 0.5) is 4.79 Å². The quantitative estimate of drug-likeness (QED) is 0.519. The third kappa shape index (κ3) is 3.64. The fourth-order valence-electron chi connectivity index (χ4n) is 3.98. The van der Waals surface area contributed by atoms with E-state index in [0.717, 1.165) is 46.4 Å². The van der Waals surface area contributed by atoms with Gasteiger partial charge < -0.3 is 9.72 Å². The first-order valence-electron chi connectivity index (χ1n) is 10.2. The third-order valence-corrected chi connectivity index (χ3v) is 5.52. The molecular formula is C24H22N4O2. The van der Waals surface area contributed by atoms with Crippen LogP contribution in [0, 0.1) is 0 Å². The van der Waals surface area contributed by atoms with Gasteiger partial charge in [0, 0.05) is 18.9 Å². The molecule has 1 fully saturated rings. The number of carbonyl (C=O) groups excluding carboxylic acids is 1. The SMILES string of the molecule is O=C(OCc1ccccc1)N1CCC[C@H]1c1nc2ccc(-c3ccncc3)cc2[nH]1. The molecule has 1 aliphatic rings. The zero-order valence-electron chi connectivity index (χ0n) is 16.5. The Balaban J connectivity index is 1.35. The molecule has 0 bridgehead atoms. The maximum atomic E-state index is 12.7. The number of ether oxygens (including phenoxy) is 1. The number of hydrogen-bond acceptors (Lipinski definition) is 4. The molecule has 1 N–H and O–H groups in total. The number of nitrogens with one attached hydrogen (secondary N) is 1. The van der Waals surface area contributed by atoms with Crippen LogP contribution in [-0.4, -0.2) is 32.5 Å². The van der Waals surface area contributed by atoms with Crippen molar-refractivity contribution in [2.45, 2.75) is 25.5 Å². The standard InChI is InChI=1S/C24H22N4O2/c29-24(30-16-17-5-2-1-3-6-17)28-14-4-7-22(28)23-26-20-9-8-19(15-21(20)27-23)18-10-12-25-13-11-18/h1-3,5-6,8-13,15,22H,4,7,14,16H2,(H,26,27)/t22-/m0/s1. The van der Waals surface area contributed by atoms with Crippen LogP contribution in [-0.2, 0) is 11.3 Å². The van der Waals surface area contributed by atoms with E-state index in [9.17, 15) is 4.79 Å². The molecule has 0 aliphatic carbocycles. The summed E-state index contributed by atoms with van der Waals surface area (Å²) in [5.41, 5.74) is 5.05. The van der Waals surface area contributed by atoms with Gasteiger partial charge in [-0.05, 0) is 53.8 Å². The maximum Gasteiger partial charge on any atom is 0.410 e. The van der Waals surface area contributed by atoms with Crippen molar-refractivity contribution in [1.29, 1.82) is 0 Å². The second kappa shape index (κ2) is 7.99. The van der Waals surface area contributed by atoms with Crippen molar-refractivity contribution in [3.05, 3.63) is 84.4 Å². The summed E-state index contributed by atoms with van der Waals surface area (Å²) in [4.78, 5) is 26.8. The molecule has 0 saturated carbocycles. The lowest BCUT2D eigenvalue weighted by molar-refractivity contribution is 0.0910. The van der Waals surface area contributed by atoms with Crippen LogP contribution in [0.25, 0.3) is 22.2 Å². The average molecular weight is 398 g/mol. The molecule has 150 valence electrons. The van der Waals surface area contributed by atoms with Gasteiger partial charge in [-0.2, -0.15) is 0 Å². The lowest BCUT2D eigenvalue weighted by atomic mass is 10.1. The Labute approximate surface area is 174 Å². The molecule has 0 radical (unpaired) electrons. The number of imidazole rings is 1. The van der Waals surface area contributed by atoms with Crippen molar-refractivity contribution < 1.29 is 9.53 Å². The lowest BCUT2D eigenvalue weighted by Gasteiger charge is -2.22. The third-order valence-electron chi connectivity index (χ3n) is 5.52. The summed E-state index contributed by atoms with van der Waals surface area (Å²) >= 11 is 0. The summed E-state index contributed by atoms with van der Waals surface area (Å²) < 4.78 is 5.55. The Morgan fingerprint density at radius 2 is 1.90 bits per heavy atom. The van der Waals surface area contributed by atoms with Gasteiger partial charge in [0.25, 0.3) is 0 Å². The Morgan fingerprint density at radius 3 is 2.73 bits per heavy atom. The van der Waals surface area contributed by atoms with Gasteiger partial charge in [-0.1, -0.05) is 36.4 Å². The van der Waals surface area contributed by atoms with E-state index >= 15 is 0 Å². The second-order valence-electron chi connectivity index (χ2n) is 7.48. The smallest absolute Gasteiger partial charge is 0.410 e. The molecule has 2 aromatic carbocycles. The second-order valence-corrected chi connectivity index (χ2v) is 7.48. The van der Waals surface area contributed by atoms with E-state index in [1.54, 1.807) is 17.3 Å². The summed E-state index contributed by atoms with van der Waals surface area (Å²) in [5.74, 6) is 0.811. The first kappa shape index (κ1) is 18.4. The fraction of sp³-hybridized carbons (Fsp3) is 0.208. The van der Waals surface area contributed by atoms with Gasteiger partial charge in [-0.3, -0.25) is 9.88 Å². The molecular weight excluding hydrogens is 376 g/mol. The molecule has 30 heavy (non-hydrogen) atoms. The number of aromatic nitrogens is 3. The van der Waals surface area contributed by atoms with E-state index in [0.29, 0.717) is 6.54 Å².